The summed E-state index contributed by atoms with van der Waals surface area (Å²) in [5.74, 6) is -4.19. The molecule has 0 rings (SSSR count). The van der Waals surface area contributed by atoms with Gasteiger partial charge in [-0.1, -0.05) is 6.92 Å². The summed E-state index contributed by atoms with van der Waals surface area (Å²) in [6.07, 6.45) is -0.999. The minimum Gasteiger partial charge on any atom is -0.481 e. The van der Waals surface area contributed by atoms with E-state index in [1.807, 2.05) is 0 Å². The van der Waals surface area contributed by atoms with E-state index in [9.17, 15) is 14.4 Å². The first-order valence-electron chi connectivity index (χ1n) is 4.05. The van der Waals surface area contributed by atoms with Gasteiger partial charge in [-0.2, -0.15) is 0 Å². The van der Waals surface area contributed by atoms with Crippen molar-refractivity contribution >= 4 is 17.9 Å². The van der Waals surface area contributed by atoms with Gasteiger partial charge in [0.2, 0.25) is 0 Å². The lowest BCUT2D eigenvalue weighted by Crippen LogP contribution is -2.39. The molecule has 0 fully saturated rings. The summed E-state index contributed by atoms with van der Waals surface area (Å²) < 4.78 is 0. The van der Waals surface area contributed by atoms with Crippen molar-refractivity contribution in [3.8, 4) is 0 Å². The minimum absolute atomic E-state index is 0.134. The molecule has 14 heavy (non-hydrogen) atoms. The van der Waals surface area contributed by atoms with Gasteiger partial charge >= 0.3 is 17.9 Å². The molecule has 0 saturated carbocycles. The van der Waals surface area contributed by atoms with Gasteiger partial charge in [-0.15, -0.1) is 0 Å². The fraction of sp³-hybridized carbons (Fsp3) is 0.625. The Bertz CT molecular complexity index is 243. The predicted molar refractivity (Wildman–Crippen MR) is 44.9 cm³/mol. The third-order valence-corrected chi connectivity index (χ3v) is 2.19. The maximum Gasteiger partial charge on any atom is 0.321 e. The zero-order chi connectivity index (χ0) is 11.4. The van der Waals surface area contributed by atoms with E-state index >= 15 is 0 Å². The fourth-order valence-electron chi connectivity index (χ4n) is 1.10. The highest BCUT2D eigenvalue weighted by molar-refractivity contribution is 5.98. The van der Waals surface area contributed by atoms with Crippen LogP contribution in [0, 0.1) is 5.41 Å². The first-order chi connectivity index (χ1) is 6.36. The maximum absolute atomic E-state index is 10.7. The number of aliphatic carboxylic acids is 3. The van der Waals surface area contributed by atoms with Crippen LogP contribution in [0.4, 0.5) is 0 Å². The Morgan fingerprint density at radius 3 is 1.71 bits per heavy atom. The molecule has 0 bridgehead atoms. The van der Waals surface area contributed by atoms with E-state index in [0.29, 0.717) is 0 Å². The van der Waals surface area contributed by atoms with Crippen LogP contribution in [0.15, 0.2) is 0 Å². The number of hydrogen-bond donors (Lipinski definition) is 3. The third-order valence-electron chi connectivity index (χ3n) is 2.19. The van der Waals surface area contributed by atoms with Crippen molar-refractivity contribution in [1.82, 2.24) is 0 Å². The first kappa shape index (κ1) is 12.4. The summed E-state index contributed by atoms with van der Waals surface area (Å²) in [5.41, 5.74) is -1.97. The van der Waals surface area contributed by atoms with Gasteiger partial charge in [-0.05, 0) is 12.8 Å². The lowest BCUT2D eigenvalue weighted by Gasteiger charge is -2.21. The summed E-state index contributed by atoms with van der Waals surface area (Å²) >= 11 is 0. The standard InChI is InChI=1S/C8H12O6/c1-2-8(6(11)12,7(13)14)4-3-5(9)10/h2-4H2,1H3,(H,9,10)(H,11,12)(H,13,14). The van der Waals surface area contributed by atoms with Crippen LogP contribution >= 0.6 is 0 Å². The second kappa shape index (κ2) is 4.59. The highest BCUT2D eigenvalue weighted by Crippen LogP contribution is 2.28. The molecule has 0 aliphatic heterocycles. The maximum atomic E-state index is 10.7. The van der Waals surface area contributed by atoms with Crippen molar-refractivity contribution in [1.29, 1.82) is 0 Å². The van der Waals surface area contributed by atoms with Crippen molar-refractivity contribution in [3.05, 3.63) is 0 Å². The Kier molecular flexibility index (Phi) is 4.07. The summed E-state index contributed by atoms with van der Waals surface area (Å²) in [6, 6.07) is 0. The number of rotatable bonds is 6. The van der Waals surface area contributed by atoms with Gasteiger partial charge in [-0.3, -0.25) is 14.4 Å². The van der Waals surface area contributed by atoms with Crippen LogP contribution in [0.2, 0.25) is 0 Å². The van der Waals surface area contributed by atoms with E-state index in [4.69, 9.17) is 15.3 Å². The molecule has 0 spiro atoms. The molecule has 0 aromatic heterocycles. The van der Waals surface area contributed by atoms with E-state index in [2.05, 4.69) is 0 Å². The second-order valence-electron chi connectivity index (χ2n) is 2.94. The van der Waals surface area contributed by atoms with Crippen LogP contribution < -0.4 is 0 Å². The van der Waals surface area contributed by atoms with Crippen LogP contribution in [-0.2, 0) is 14.4 Å². The van der Waals surface area contributed by atoms with Crippen LogP contribution in [-0.4, -0.2) is 33.2 Å². The van der Waals surface area contributed by atoms with E-state index in [-0.39, 0.29) is 6.42 Å². The van der Waals surface area contributed by atoms with Crippen LogP contribution in [0.25, 0.3) is 0 Å². The van der Waals surface area contributed by atoms with Crippen molar-refractivity contribution in [2.45, 2.75) is 26.2 Å². The van der Waals surface area contributed by atoms with E-state index in [1.165, 1.54) is 6.92 Å². The molecule has 0 aliphatic rings. The minimum atomic E-state index is -1.97. The molecule has 0 aromatic rings. The summed E-state index contributed by atoms with van der Waals surface area (Å²) in [4.78, 5) is 31.7. The molecule has 0 saturated heterocycles. The van der Waals surface area contributed by atoms with Crippen molar-refractivity contribution in [2.75, 3.05) is 0 Å². The molecule has 0 atom stereocenters. The number of carbonyl (C=O) groups is 3. The summed E-state index contributed by atoms with van der Waals surface area (Å²) in [5, 5.41) is 25.8. The van der Waals surface area contributed by atoms with Gasteiger partial charge in [0, 0.05) is 6.42 Å². The Morgan fingerprint density at radius 2 is 1.50 bits per heavy atom. The zero-order valence-electron chi connectivity index (χ0n) is 7.69. The van der Waals surface area contributed by atoms with Gasteiger partial charge in [0.15, 0.2) is 5.41 Å². The van der Waals surface area contributed by atoms with Gasteiger partial charge in [-0.25, -0.2) is 0 Å². The highest BCUT2D eigenvalue weighted by Gasteiger charge is 2.44. The van der Waals surface area contributed by atoms with Crippen LogP contribution in [0.5, 0.6) is 0 Å². The molecule has 0 unspecified atom stereocenters. The molecule has 6 nitrogen and oxygen atoms in total. The monoisotopic (exact) mass is 204 g/mol. The molecular formula is C8H12O6. The summed E-state index contributed by atoms with van der Waals surface area (Å²) in [7, 11) is 0. The number of carboxylic acids is 3. The molecule has 0 radical (unpaired) electrons. The summed E-state index contributed by atoms with van der Waals surface area (Å²) in [6.45, 7) is 1.41. The third kappa shape index (κ3) is 2.45. The quantitative estimate of drug-likeness (QED) is 0.540. The molecule has 6 heteroatoms. The topological polar surface area (TPSA) is 112 Å². The molecule has 0 aliphatic carbocycles. The lowest BCUT2D eigenvalue weighted by atomic mass is 9.81. The molecule has 0 aromatic carbocycles. The number of hydrogen-bond acceptors (Lipinski definition) is 3. The largest absolute Gasteiger partial charge is 0.481 e. The predicted octanol–water partition coefficient (Wildman–Crippen LogP) is 0.417. The van der Waals surface area contributed by atoms with Crippen molar-refractivity contribution in [3.63, 3.8) is 0 Å². The Hall–Kier alpha value is -1.59. The Morgan fingerprint density at radius 1 is 1.07 bits per heavy atom. The second-order valence-corrected chi connectivity index (χ2v) is 2.94. The molecular weight excluding hydrogens is 192 g/mol. The zero-order valence-corrected chi connectivity index (χ0v) is 7.69. The smallest absolute Gasteiger partial charge is 0.321 e. The molecule has 80 valence electrons. The van der Waals surface area contributed by atoms with E-state index in [1.54, 1.807) is 0 Å². The van der Waals surface area contributed by atoms with Crippen molar-refractivity contribution in [2.24, 2.45) is 5.41 Å². The van der Waals surface area contributed by atoms with Crippen molar-refractivity contribution < 1.29 is 29.7 Å². The van der Waals surface area contributed by atoms with Gasteiger partial charge in [0.1, 0.15) is 0 Å². The van der Waals surface area contributed by atoms with Gasteiger partial charge in [0.05, 0.1) is 0 Å². The van der Waals surface area contributed by atoms with Gasteiger partial charge in [0.25, 0.3) is 0 Å². The van der Waals surface area contributed by atoms with E-state index < -0.39 is 36.2 Å². The average Bonchev–Trinajstić information content (AvgIpc) is 2.04. The SMILES string of the molecule is CCC(CCC(=O)O)(C(=O)O)C(=O)O. The van der Waals surface area contributed by atoms with E-state index in [0.717, 1.165) is 0 Å². The highest BCUT2D eigenvalue weighted by atomic mass is 16.4. The lowest BCUT2D eigenvalue weighted by molar-refractivity contribution is -0.165. The fourth-order valence-corrected chi connectivity index (χ4v) is 1.10. The van der Waals surface area contributed by atoms with Crippen LogP contribution in [0.3, 0.4) is 0 Å². The van der Waals surface area contributed by atoms with Gasteiger partial charge < -0.3 is 15.3 Å². The van der Waals surface area contributed by atoms with Crippen LogP contribution in [0.1, 0.15) is 26.2 Å². The normalized spacial score (nSPS) is 10.9. The molecule has 3 N–H and O–H groups in total. The Labute approximate surface area is 80.2 Å². The molecule has 0 heterocycles. The molecule has 0 amide bonds. The Balaban J connectivity index is 4.77. The average molecular weight is 204 g/mol. The first-order valence-corrected chi connectivity index (χ1v) is 4.05. The number of carboxylic acid groups (broad SMARTS) is 3.